The quantitative estimate of drug-likeness (QED) is 0.656. The molecule has 0 amide bonds. The summed E-state index contributed by atoms with van der Waals surface area (Å²) in [6.07, 6.45) is 0. The summed E-state index contributed by atoms with van der Waals surface area (Å²) in [4.78, 5) is 0.564. The standard InChI is InChI=1S/C13H5BrClF2NS/c14-7-4-9(16)12(10(17)5-7)13(15)8(6-18)11-2-1-3-19-11/h1-5H. The fourth-order valence-corrected chi connectivity index (χ4v) is 3.02. The minimum Gasteiger partial charge on any atom is -0.206 e. The summed E-state index contributed by atoms with van der Waals surface area (Å²) >= 11 is 10.3. The molecule has 0 radical (unpaired) electrons. The topological polar surface area (TPSA) is 23.8 Å². The van der Waals surface area contributed by atoms with Crippen LogP contribution in [0.5, 0.6) is 0 Å². The second kappa shape index (κ2) is 5.83. The summed E-state index contributed by atoms with van der Waals surface area (Å²) < 4.78 is 27.9. The number of halogens is 4. The number of hydrogen-bond donors (Lipinski definition) is 0. The Labute approximate surface area is 125 Å². The SMILES string of the molecule is N#CC(=C(Cl)c1c(F)cc(Br)cc1F)c1cccs1. The van der Waals surface area contributed by atoms with Gasteiger partial charge in [0.2, 0.25) is 0 Å². The zero-order valence-electron chi connectivity index (χ0n) is 9.25. The van der Waals surface area contributed by atoms with E-state index >= 15 is 0 Å². The first-order valence-electron chi connectivity index (χ1n) is 5.03. The number of nitrogens with zero attached hydrogens (tertiary/aromatic N) is 1. The number of rotatable bonds is 2. The van der Waals surface area contributed by atoms with Gasteiger partial charge in [-0.05, 0) is 23.6 Å². The maximum absolute atomic E-state index is 13.8. The van der Waals surface area contributed by atoms with Crippen molar-refractivity contribution in [2.24, 2.45) is 0 Å². The predicted octanol–water partition coefficient (Wildman–Crippen LogP) is 5.42. The minimum atomic E-state index is -0.818. The molecule has 1 nitrogen and oxygen atoms in total. The fraction of sp³-hybridized carbons (Fsp3) is 0. The Balaban J connectivity index is 2.67. The molecule has 0 aliphatic rings. The number of benzene rings is 1. The Kier molecular flexibility index (Phi) is 4.35. The van der Waals surface area contributed by atoms with Crippen molar-refractivity contribution in [2.75, 3.05) is 0 Å². The second-order valence-electron chi connectivity index (χ2n) is 3.52. The van der Waals surface area contributed by atoms with Gasteiger partial charge in [0.25, 0.3) is 0 Å². The number of allylic oxidation sites excluding steroid dienone is 1. The van der Waals surface area contributed by atoms with E-state index in [1.54, 1.807) is 17.5 Å². The van der Waals surface area contributed by atoms with Gasteiger partial charge in [-0.15, -0.1) is 11.3 Å². The van der Waals surface area contributed by atoms with E-state index in [1.165, 1.54) is 11.3 Å². The van der Waals surface area contributed by atoms with Gasteiger partial charge >= 0.3 is 0 Å². The van der Waals surface area contributed by atoms with Gasteiger partial charge in [0.1, 0.15) is 17.7 Å². The van der Waals surface area contributed by atoms with E-state index in [0.29, 0.717) is 4.88 Å². The van der Waals surface area contributed by atoms with Crippen molar-refractivity contribution in [3.63, 3.8) is 0 Å². The van der Waals surface area contributed by atoms with Crippen molar-refractivity contribution in [2.45, 2.75) is 0 Å². The van der Waals surface area contributed by atoms with Crippen LogP contribution in [0.15, 0.2) is 34.1 Å². The molecule has 19 heavy (non-hydrogen) atoms. The number of nitriles is 1. The van der Waals surface area contributed by atoms with E-state index in [9.17, 15) is 8.78 Å². The third-order valence-electron chi connectivity index (χ3n) is 2.33. The normalized spacial score (nSPS) is 11.9. The predicted molar refractivity (Wildman–Crippen MR) is 76.7 cm³/mol. The van der Waals surface area contributed by atoms with Gasteiger partial charge in [0.15, 0.2) is 0 Å². The highest BCUT2D eigenvalue weighted by molar-refractivity contribution is 9.10. The van der Waals surface area contributed by atoms with Crippen LogP contribution in [0.25, 0.3) is 10.6 Å². The molecule has 1 heterocycles. The van der Waals surface area contributed by atoms with Crippen molar-refractivity contribution in [3.05, 3.63) is 56.2 Å². The van der Waals surface area contributed by atoms with Crippen LogP contribution >= 0.6 is 38.9 Å². The van der Waals surface area contributed by atoms with Crippen LogP contribution in [0.2, 0.25) is 0 Å². The molecule has 1 aromatic heterocycles. The lowest BCUT2D eigenvalue weighted by Crippen LogP contribution is -1.94. The summed E-state index contributed by atoms with van der Waals surface area (Å²) in [7, 11) is 0. The highest BCUT2D eigenvalue weighted by atomic mass is 79.9. The summed E-state index contributed by atoms with van der Waals surface area (Å²) in [6, 6.07) is 7.49. The van der Waals surface area contributed by atoms with E-state index in [-0.39, 0.29) is 15.1 Å². The zero-order chi connectivity index (χ0) is 14.0. The molecule has 96 valence electrons. The van der Waals surface area contributed by atoms with Gasteiger partial charge in [-0.3, -0.25) is 0 Å². The third kappa shape index (κ3) is 2.86. The Bertz CT molecular complexity index is 666. The Morgan fingerprint density at radius 3 is 2.42 bits per heavy atom. The van der Waals surface area contributed by atoms with Gasteiger partial charge in [0.05, 0.1) is 16.2 Å². The van der Waals surface area contributed by atoms with Crippen LogP contribution in [-0.2, 0) is 0 Å². The molecule has 0 spiro atoms. The van der Waals surface area contributed by atoms with Crippen molar-refractivity contribution >= 4 is 49.5 Å². The van der Waals surface area contributed by atoms with Crippen LogP contribution in [0.3, 0.4) is 0 Å². The second-order valence-corrected chi connectivity index (χ2v) is 5.76. The largest absolute Gasteiger partial charge is 0.206 e. The Morgan fingerprint density at radius 2 is 1.95 bits per heavy atom. The molecule has 0 bridgehead atoms. The van der Waals surface area contributed by atoms with E-state index in [4.69, 9.17) is 16.9 Å². The van der Waals surface area contributed by atoms with Crippen LogP contribution in [-0.4, -0.2) is 0 Å². The molecule has 0 N–H and O–H groups in total. The summed E-state index contributed by atoms with van der Waals surface area (Å²) in [5, 5.41) is 10.7. The van der Waals surface area contributed by atoms with E-state index in [0.717, 1.165) is 12.1 Å². The van der Waals surface area contributed by atoms with E-state index in [1.807, 2.05) is 6.07 Å². The van der Waals surface area contributed by atoms with Gasteiger partial charge in [0, 0.05) is 9.35 Å². The molecule has 0 aliphatic carbocycles. The molecule has 0 fully saturated rings. The first kappa shape index (κ1) is 14.2. The molecule has 2 aromatic rings. The van der Waals surface area contributed by atoms with Crippen LogP contribution in [0.1, 0.15) is 10.4 Å². The maximum Gasteiger partial charge on any atom is 0.136 e. The summed E-state index contributed by atoms with van der Waals surface area (Å²) in [5.41, 5.74) is -0.341. The molecule has 1 aromatic carbocycles. The monoisotopic (exact) mass is 359 g/mol. The first-order chi connectivity index (χ1) is 9.04. The molecule has 6 heteroatoms. The number of thiophene rings is 1. The molecule has 0 atom stereocenters. The smallest absolute Gasteiger partial charge is 0.136 e. The number of hydrogen-bond acceptors (Lipinski definition) is 2. The van der Waals surface area contributed by atoms with Crippen LogP contribution < -0.4 is 0 Å². The zero-order valence-corrected chi connectivity index (χ0v) is 12.4. The lowest BCUT2D eigenvalue weighted by molar-refractivity contribution is 0.577. The van der Waals surface area contributed by atoms with Gasteiger partial charge < -0.3 is 0 Å². The lowest BCUT2D eigenvalue weighted by atomic mass is 10.1. The van der Waals surface area contributed by atoms with Crippen molar-refractivity contribution in [1.82, 2.24) is 0 Å². The molecular weight excluding hydrogens is 356 g/mol. The van der Waals surface area contributed by atoms with Crippen molar-refractivity contribution in [1.29, 1.82) is 5.26 Å². The van der Waals surface area contributed by atoms with Crippen molar-refractivity contribution < 1.29 is 8.78 Å². The maximum atomic E-state index is 13.8. The van der Waals surface area contributed by atoms with Gasteiger partial charge in [-0.25, -0.2) is 8.78 Å². The minimum absolute atomic E-state index is 0.0526. The fourth-order valence-electron chi connectivity index (χ4n) is 1.51. The average molecular weight is 361 g/mol. The summed E-state index contributed by atoms with van der Waals surface area (Å²) in [6.45, 7) is 0. The first-order valence-corrected chi connectivity index (χ1v) is 7.08. The Hall–Kier alpha value is -1.22. The molecule has 2 rings (SSSR count). The molecular formula is C13H5BrClF2NS. The van der Waals surface area contributed by atoms with E-state index in [2.05, 4.69) is 15.9 Å². The molecule has 0 aliphatic heterocycles. The Morgan fingerprint density at radius 1 is 1.32 bits per heavy atom. The highest BCUT2D eigenvalue weighted by Gasteiger charge is 2.18. The molecule has 0 saturated carbocycles. The van der Waals surface area contributed by atoms with Gasteiger partial charge in [-0.1, -0.05) is 33.6 Å². The lowest BCUT2D eigenvalue weighted by Gasteiger charge is -2.06. The van der Waals surface area contributed by atoms with Crippen molar-refractivity contribution in [3.8, 4) is 6.07 Å². The summed E-state index contributed by atoms with van der Waals surface area (Å²) in [5.74, 6) is -1.64. The van der Waals surface area contributed by atoms with Crippen LogP contribution in [0, 0.1) is 23.0 Å². The molecule has 0 saturated heterocycles. The highest BCUT2D eigenvalue weighted by Crippen LogP contribution is 2.35. The van der Waals surface area contributed by atoms with E-state index < -0.39 is 17.2 Å². The van der Waals surface area contributed by atoms with Crippen LogP contribution in [0.4, 0.5) is 8.78 Å². The molecule has 0 unspecified atom stereocenters. The van der Waals surface area contributed by atoms with Gasteiger partial charge in [-0.2, -0.15) is 5.26 Å². The average Bonchev–Trinajstić information content (AvgIpc) is 2.82. The third-order valence-corrected chi connectivity index (χ3v) is 4.05.